The number of likely N-dealkylation sites (tertiary alicyclic amines) is 1. The Morgan fingerprint density at radius 3 is 3.05 bits per heavy atom. The van der Waals surface area contributed by atoms with Gasteiger partial charge in [-0.3, -0.25) is 4.79 Å². The third kappa shape index (κ3) is 2.76. The van der Waals surface area contributed by atoms with Crippen molar-refractivity contribution in [1.29, 1.82) is 0 Å². The number of carbonyl (C=O) groups excluding carboxylic acids is 1. The fraction of sp³-hybridized carbons (Fsp3) is 0.500. The van der Waals surface area contributed by atoms with Crippen molar-refractivity contribution in [2.45, 2.75) is 32.6 Å². The largest absolute Gasteiger partial charge is 0.420 e. The van der Waals surface area contributed by atoms with E-state index in [2.05, 4.69) is 20.2 Å². The minimum atomic E-state index is 0.0896. The second kappa shape index (κ2) is 5.59. The highest BCUT2D eigenvalue weighted by atomic mass is 16.4. The van der Waals surface area contributed by atoms with Gasteiger partial charge in [0.2, 0.25) is 11.8 Å². The molecular weight excluding hydrogens is 270 g/mol. The summed E-state index contributed by atoms with van der Waals surface area (Å²) in [6.45, 7) is 4.91. The van der Waals surface area contributed by atoms with Crippen LogP contribution in [0.5, 0.6) is 0 Å². The van der Waals surface area contributed by atoms with Crippen LogP contribution in [0.3, 0.4) is 0 Å². The van der Waals surface area contributed by atoms with Crippen LogP contribution in [0.2, 0.25) is 0 Å². The molecule has 1 atom stereocenters. The molecule has 3 rings (SSSR count). The van der Waals surface area contributed by atoms with E-state index in [-0.39, 0.29) is 11.8 Å². The second-order valence-electron chi connectivity index (χ2n) is 5.27. The first-order valence-electron chi connectivity index (χ1n) is 7.01. The summed E-state index contributed by atoms with van der Waals surface area (Å²) in [7, 11) is 0. The summed E-state index contributed by atoms with van der Waals surface area (Å²) in [5, 5.41) is 8.23. The van der Waals surface area contributed by atoms with E-state index in [1.807, 2.05) is 11.8 Å². The maximum Gasteiger partial charge on any atom is 0.251 e. The van der Waals surface area contributed by atoms with Crippen molar-refractivity contribution in [3.8, 4) is 11.5 Å². The molecule has 7 heteroatoms. The second-order valence-corrected chi connectivity index (χ2v) is 5.27. The highest BCUT2D eigenvalue weighted by molar-refractivity contribution is 5.73. The Kier molecular flexibility index (Phi) is 3.64. The van der Waals surface area contributed by atoms with E-state index in [1.54, 1.807) is 13.1 Å². The van der Waals surface area contributed by atoms with E-state index in [1.165, 1.54) is 6.33 Å². The van der Waals surface area contributed by atoms with Crippen molar-refractivity contribution in [1.82, 2.24) is 25.1 Å². The molecule has 7 nitrogen and oxygen atoms in total. The van der Waals surface area contributed by atoms with Crippen molar-refractivity contribution in [3.63, 3.8) is 0 Å². The van der Waals surface area contributed by atoms with Crippen LogP contribution < -0.4 is 0 Å². The average Bonchev–Trinajstić information content (AvgIpc) is 2.97. The summed E-state index contributed by atoms with van der Waals surface area (Å²) in [6.07, 6.45) is 5.06. The molecule has 0 saturated carbocycles. The summed E-state index contributed by atoms with van der Waals surface area (Å²) in [6, 6.07) is 0. The van der Waals surface area contributed by atoms with Gasteiger partial charge in [0.05, 0.1) is 17.2 Å². The molecule has 0 bridgehead atoms. The molecule has 0 radical (unpaired) electrons. The zero-order valence-corrected chi connectivity index (χ0v) is 12.1. The van der Waals surface area contributed by atoms with Gasteiger partial charge in [0.15, 0.2) is 0 Å². The van der Waals surface area contributed by atoms with Crippen molar-refractivity contribution in [2.75, 3.05) is 13.1 Å². The van der Waals surface area contributed by atoms with Crippen LogP contribution in [0.15, 0.2) is 16.9 Å². The predicted molar refractivity (Wildman–Crippen MR) is 74.3 cm³/mol. The number of aromatic nitrogens is 4. The van der Waals surface area contributed by atoms with Crippen LogP contribution >= 0.6 is 0 Å². The van der Waals surface area contributed by atoms with E-state index >= 15 is 0 Å². The van der Waals surface area contributed by atoms with Crippen LogP contribution in [0.25, 0.3) is 11.5 Å². The first kappa shape index (κ1) is 13.7. The fourth-order valence-electron chi connectivity index (χ4n) is 2.57. The lowest BCUT2D eigenvalue weighted by atomic mass is 9.98. The molecule has 2 aromatic rings. The maximum atomic E-state index is 11.5. The highest BCUT2D eigenvalue weighted by Crippen LogP contribution is 2.28. The average molecular weight is 287 g/mol. The number of amides is 1. The Hall–Kier alpha value is -2.31. The number of rotatable bonds is 2. The minimum Gasteiger partial charge on any atom is -0.420 e. The molecule has 0 spiro atoms. The Labute approximate surface area is 122 Å². The van der Waals surface area contributed by atoms with Gasteiger partial charge >= 0.3 is 0 Å². The van der Waals surface area contributed by atoms with Gasteiger partial charge in [-0.2, -0.15) is 0 Å². The Balaban J connectivity index is 1.82. The summed E-state index contributed by atoms with van der Waals surface area (Å²) >= 11 is 0. The molecule has 1 saturated heterocycles. The van der Waals surface area contributed by atoms with Crippen LogP contribution in [0, 0.1) is 6.92 Å². The maximum absolute atomic E-state index is 11.5. The Morgan fingerprint density at radius 2 is 2.29 bits per heavy atom. The van der Waals surface area contributed by atoms with Gasteiger partial charge in [-0.15, -0.1) is 10.2 Å². The molecule has 21 heavy (non-hydrogen) atoms. The molecule has 110 valence electrons. The molecule has 1 amide bonds. The van der Waals surface area contributed by atoms with Gasteiger partial charge in [-0.25, -0.2) is 9.97 Å². The highest BCUT2D eigenvalue weighted by Gasteiger charge is 2.27. The number of nitrogens with zero attached hydrogens (tertiary/aromatic N) is 5. The molecule has 3 heterocycles. The van der Waals surface area contributed by atoms with Gasteiger partial charge in [0.25, 0.3) is 5.89 Å². The number of hydrogen-bond acceptors (Lipinski definition) is 6. The quantitative estimate of drug-likeness (QED) is 0.833. The molecular formula is C14H17N5O2. The standard InChI is InChI=1S/C14H17N5O2/c1-9-12(6-15-8-16-9)14-18-17-13(21-14)11-4-3-5-19(7-11)10(2)20/h6,8,11H,3-5,7H2,1-2H3. The van der Waals surface area contributed by atoms with Crippen LogP contribution in [-0.2, 0) is 4.79 Å². The van der Waals surface area contributed by atoms with Gasteiger partial charge in [-0.1, -0.05) is 0 Å². The molecule has 1 unspecified atom stereocenters. The number of aryl methyl sites for hydroxylation is 1. The SMILES string of the molecule is CC(=O)N1CCCC(c2nnc(-c3cncnc3C)o2)C1. The van der Waals surface area contributed by atoms with Gasteiger partial charge < -0.3 is 9.32 Å². The lowest BCUT2D eigenvalue weighted by molar-refractivity contribution is -0.130. The van der Waals surface area contributed by atoms with E-state index in [9.17, 15) is 4.79 Å². The van der Waals surface area contributed by atoms with Crippen LogP contribution in [0.1, 0.15) is 37.3 Å². The molecule has 1 aliphatic heterocycles. The topological polar surface area (TPSA) is 85.0 Å². The molecule has 0 N–H and O–H groups in total. The van der Waals surface area contributed by atoms with Crippen LogP contribution in [-0.4, -0.2) is 44.1 Å². The number of hydrogen-bond donors (Lipinski definition) is 0. The monoisotopic (exact) mass is 287 g/mol. The predicted octanol–water partition coefficient (Wildman–Crippen LogP) is 1.56. The summed E-state index contributed by atoms with van der Waals surface area (Å²) < 4.78 is 5.78. The molecule has 1 aliphatic rings. The van der Waals surface area contributed by atoms with Crippen molar-refractivity contribution in [2.24, 2.45) is 0 Å². The van der Waals surface area contributed by atoms with E-state index < -0.39 is 0 Å². The Bertz CT molecular complexity index is 654. The first-order valence-corrected chi connectivity index (χ1v) is 7.01. The number of piperidine rings is 1. The van der Waals surface area contributed by atoms with Crippen molar-refractivity contribution >= 4 is 5.91 Å². The van der Waals surface area contributed by atoms with Gasteiger partial charge in [0, 0.05) is 26.2 Å². The van der Waals surface area contributed by atoms with Crippen LogP contribution in [0.4, 0.5) is 0 Å². The number of carbonyl (C=O) groups is 1. The van der Waals surface area contributed by atoms with Gasteiger partial charge in [0.1, 0.15) is 6.33 Å². The van der Waals surface area contributed by atoms with Crippen molar-refractivity contribution < 1.29 is 9.21 Å². The fourth-order valence-corrected chi connectivity index (χ4v) is 2.57. The third-order valence-corrected chi connectivity index (χ3v) is 3.80. The summed E-state index contributed by atoms with van der Waals surface area (Å²) in [5.74, 6) is 1.21. The first-order chi connectivity index (χ1) is 10.1. The summed E-state index contributed by atoms with van der Waals surface area (Å²) in [5.41, 5.74) is 1.55. The normalized spacial score (nSPS) is 18.8. The van der Waals surface area contributed by atoms with Crippen molar-refractivity contribution in [3.05, 3.63) is 24.1 Å². The molecule has 0 aromatic carbocycles. The smallest absolute Gasteiger partial charge is 0.251 e. The molecule has 0 aliphatic carbocycles. The lowest BCUT2D eigenvalue weighted by Gasteiger charge is -2.30. The molecule has 1 fully saturated rings. The van der Waals surface area contributed by atoms with E-state index in [4.69, 9.17) is 4.42 Å². The van der Waals surface area contributed by atoms with E-state index in [0.717, 1.165) is 30.6 Å². The minimum absolute atomic E-state index is 0.0896. The zero-order valence-electron chi connectivity index (χ0n) is 12.1. The summed E-state index contributed by atoms with van der Waals surface area (Å²) in [4.78, 5) is 21.4. The lowest BCUT2D eigenvalue weighted by Crippen LogP contribution is -2.37. The van der Waals surface area contributed by atoms with Gasteiger partial charge in [-0.05, 0) is 19.8 Å². The Morgan fingerprint density at radius 1 is 1.43 bits per heavy atom. The van der Waals surface area contributed by atoms with E-state index in [0.29, 0.717) is 18.3 Å². The zero-order chi connectivity index (χ0) is 14.8. The molecule has 2 aromatic heterocycles. The third-order valence-electron chi connectivity index (χ3n) is 3.80.